The van der Waals surface area contributed by atoms with Crippen LogP contribution in [0, 0.1) is 11.2 Å². The van der Waals surface area contributed by atoms with Crippen molar-refractivity contribution in [3.05, 3.63) is 53.4 Å². The van der Waals surface area contributed by atoms with Crippen LogP contribution in [0.25, 0.3) is 11.3 Å². The minimum absolute atomic E-state index is 0.0300. The Balaban J connectivity index is 1.34. The lowest BCUT2D eigenvalue weighted by Gasteiger charge is -2.32. The number of esters is 1. The van der Waals surface area contributed by atoms with Gasteiger partial charge in [-0.05, 0) is 57.1 Å². The molecular weight excluding hydrogens is 573 g/mol. The van der Waals surface area contributed by atoms with Crippen LogP contribution in [0.5, 0.6) is 5.88 Å². The number of anilines is 3. The van der Waals surface area contributed by atoms with Crippen molar-refractivity contribution in [3.8, 4) is 17.1 Å². The summed E-state index contributed by atoms with van der Waals surface area (Å²) in [5, 5.41) is 14.7. The molecular formula is C31H37ClFN7O3. The van der Waals surface area contributed by atoms with Crippen molar-refractivity contribution < 1.29 is 18.7 Å². The third-order valence-corrected chi connectivity index (χ3v) is 8.40. The topological polar surface area (TPSA) is 113 Å². The normalized spacial score (nSPS) is 17.3. The molecule has 43 heavy (non-hydrogen) atoms. The van der Waals surface area contributed by atoms with E-state index >= 15 is 0 Å². The molecule has 1 aromatic carbocycles. The number of carbonyl (C=O) groups excluding carboxylic acids is 2. The highest BCUT2D eigenvalue weighted by Gasteiger charge is 2.37. The molecule has 0 bridgehead atoms. The summed E-state index contributed by atoms with van der Waals surface area (Å²) in [6.45, 7) is 6.44. The third-order valence-electron chi connectivity index (χ3n) is 8.16. The van der Waals surface area contributed by atoms with E-state index in [2.05, 4.69) is 42.7 Å². The highest BCUT2D eigenvalue weighted by Crippen LogP contribution is 2.39. The van der Waals surface area contributed by atoms with Gasteiger partial charge in [0.2, 0.25) is 5.91 Å². The van der Waals surface area contributed by atoms with Gasteiger partial charge >= 0.3 is 5.97 Å². The van der Waals surface area contributed by atoms with Crippen LogP contribution < -0.4 is 15.4 Å². The van der Waals surface area contributed by atoms with Crippen LogP contribution in [-0.4, -0.2) is 76.6 Å². The highest BCUT2D eigenvalue weighted by atomic mass is 35.5. The number of likely N-dealkylation sites (N-methyl/N-ethyl adjacent to an activating group) is 1. The second kappa shape index (κ2) is 13.7. The number of piperazine rings is 1. The summed E-state index contributed by atoms with van der Waals surface area (Å²) >= 11 is 6.12. The molecule has 2 N–H and O–H groups in total. The van der Waals surface area contributed by atoms with Crippen molar-refractivity contribution >= 4 is 40.7 Å². The Hall–Kier alpha value is -3.67. The fourth-order valence-corrected chi connectivity index (χ4v) is 5.56. The summed E-state index contributed by atoms with van der Waals surface area (Å²) in [4.78, 5) is 34.8. The molecule has 1 saturated carbocycles. The van der Waals surface area contributed by atoms with Crippen molar-refractivity contribution in [3.63, 3.8) is 0 Å². The van der Waals surface area contributed by atoms with Gasteiger partial charge in [0, 0.05) is 67.7 Å². The van der Waals surface area contributed by atoms with Gasteiger partial charge in [-0.3, -0.25) is 9.59 Å². The van der Waals surface area contributed by atoms with Crippen molar-refractivity contribution in [2.45, 2.75) is 45.4 Å². The number of rotatable bonds is 9. The molecule has 2 fully saturated rings. The number of pyridine rings is 1. The first-order chi connectivity index (χ1) is 20.7. The van der Waals surface area contributed by atoms with Crippen molar-refractivity contribution in [1.82, 2.24) is 25.0 Å². The molecule has 10 nitrogen and oxygen atoms in total. The van der Waals surface area contributed by atoms with Crippen LogP contribution in [0.1, 0.15) is 45.4 Å². The zero-order valence-electron chi connectivity index (χ0n) is 24.5. The number of hydrogen-bond acceptors (Lipinski definition) is 9. The number of ether oxygens (including phenoxy) is 1. The maximum atomic E-state index is 14.7. The summed E-state index contributed by atoms with van der Waals surface area (Å²) in [6.07, 6.45) is 6.37. The Morgan fingerprint density at radius 1 is 1.05 bits per heavy atom. The largest absolute Gasteiger partial charge is 0.403 e. The first-order valence-corrected chi connectivity index (χ1v) is 15.1. The van der Waals surface area contributed by atoms with Gasteiger partial charge in [-0.25, -0.2) is 9.37 Å². The quantitative estimate of drug-likeness (QED) is 0.303. The molecule has 0 atom stereocenters. The van der Waals surface area contributed by atoms with E-state index in [9.17, 15) is 14.0 Å². The molecule has 0 unspecified atom stereocenters. The molecule has 5 rings (SSSR count). The Bertz CT molecular complexity index is 1460. The van der Waals surface area contributed by atoms with Gasteiger partial charge in [-0.2, -0.15) is 0 Å². The predicted molar refractivity (Wildman–Crippen MR) is 164 cm³/mol. The first kappa shape index (κ1) is 30.8. The van der Waals surface area contributed by atoms with Gasteiger partial charge in [0.1, 0.15) is 17.3 Å². The smallest absolute Gasteiger partial charge is 0.318 e. The Labute approximate surface area is 256 Å². The molecule has 1 amide bonds. The predicted octanol–water partition coefficient (Wildman–Crippen LogP) is 5.53. The highest BCUT2D eigenvalue weighted by molar-refractivity contribution is 6.30. The van der Waals surface area contributed by atoms with Gasteiger partial charge in [-0.1, -0.05) is 30.9 Å². The van der Waals surface area contributed by atoms with Crippen molar-refractivity contribution in [2.24, 2.45) is 5.41 Å². The summed E-state index contributed by atoms with van der Waals surface area (Å²) in [5.74, 6) is -0.700. The molecule has 0 spiro atoms. The Kier molecular flexibility index (Phi) is 9.84. The lowest BCUT2D eigenvalue weighted by molar-refractivity contribution is -0.147. The molecule has 1 aliphatic heterocycles. The minimum Gasteiger partial charge on any atom is -0.403 e. The van der Waals surface area contributed by atoms with Crippen LogP contribution >= 0.6 is 11.6 Å². The van der Waals surface area contributed by atoms with Crippen LogP contribution in [0.4, 0.5) is 21.6 Å². The Morgan fingerprint density at radius 3 is 2.58 bits per heavy atom. The van der Waals surface area contributed by atoms with E-state index < -0.39 is 11.2 Å². The lowest BCUT2D eigenvalue weighted by Crippen LogP contribution is -2.45. The summed E-state index contributed by atoms with van der Waals surface area (Å²) < 4.78 is 20.5. The fourth-order valence-electron chi connectivity index (χ4n) is 5.39. The lowest BCUT2D eigenvalue weighted by atomic mass is 9.76. The van der Waals surface area contributed by atoms with Gasteiger partial charge in [0.15, 0.2) is 0 Å². The number of nitrogens with zero attached hydrogens (tertiary/aromatic N) is 5. The van der Waals surface area contributed by atoms with Gasteiger partial charge in [0.05, 0.1) is 11.1 Å². The molecule has 2 aromatic heterocycles. The van der Waals surface area contributed by atoms with Crippen LogP contribution in [0.2, 0.25) is 5.02 Å². The van der Waals surface area contributed by atoms with Crippen molar-refractivity contribution in [2.75, 3.05) is 50.4 Å². The molecule has 1 aliphatic carbocycles. The second-order valence-electron chi connectivity index (χ2n) is 11.6. The SMILES string of the molecule is CN1CCN(CCC(=O)Nc2cc(Nc3cc(-c4cc(Cl)ccc4F)nnc3OC(=O)C3(C)CCCCC3)ccn2)CC1. The van der Waals surface area contributed by atoms with Crippen LogP contribution in [0.15, 0.2) is 42.6 Å². The Morgan fingerprint density at radius 2 is 1.81 bits per heavy atom. The average Bonchev–Trinajstić information content (AvgIpc) is 2.99. The molecule has 2 aliphatic rings. The molecule has 3 heterocycles. The number of halogens is 2. The van der Waals surface area contributed by atoms with Gasteiger partial charge in [-0.15, -0.1) is 10.2 Å². The van der Waals surface area contributed by atoms with Gasteiger partial charge in [0.25, 0.3) is 5.88 Å². The van der Waals surface area contributed by atoms with Crippen LogP contribution in [0.3, 0.4) is 0 Å². The summed E-state index contributed by atoms with van der Waals surface area (Å²) in [7, 11) is 2.10. The second-order valence-corrected chi connectivity index (χ2v) is 12.0. The first-order valence-electron chi connectivity index (χ1n) is 14.7. The van der Waals surface area contributed by atoms with Gasteiger partial charge < -0.3 is 25.2 Å². The fraction of sp³-hybridized carbons (Fsp3) is 0.452. The number of hydrogen-bond donors (Lipinski definition) is 2. The monoisotopic (exact) mass is 609 g/mol. The number of benzene rings is 1. The molecule has 3 aromatic rings. The maximum Gasteiger partial charge on any atom is 0.318 e. The summed E-state index contributed by atoms with van der Waals surface area (Å²) in [5.41, 5.74) is 0.597. The zero-order valence-corrected chi connectivity index (χ0v) is 25.3. The van der Waals surface area contributed by atoms with E-state index in [0.29, 0.717) is 35.2 Å². The van der Waals surface area contributed by atoms with E-state index in [1.807, 2.05) is 6.92 Å². The van der Waals surface area contributed by atoms with E-state index in [1.165, 1.54) is 18.2 Å². The van der Waals surface area contributed by atoms with E-state index in [1.54, 1.807) is 24.4 Å². The maximum absolute atomic E-state index is 14.7. The van der Waals surface area contributed by atoms with Crippen LogP contribution in [-0.2, 0) is 9.59 Å². The van der Waals surface area contributed by atoms with Crippen molar-refractivity contribution in [1.29, 1.82) is 0 Å². The zero-order chi connectivity index (χ0) is 30.4. The average molecular weight is 610 g/mol. The van der Waals surface area contributed by atoms with E-state index in [0.717, 1.165) is 58.3 Å². The van der Waals surface area contributed by atoms with E-state index in [4.69, 9.17) is 16.3 Å². The molecule has 1 saturated heterocycles. The number of aromatic nitrogens is 3. The molecule has 0 radical (unpaired) electrons. The van der Waals surface area contributed by atoms with E-state index in [-0.39, 0.29) is 29.0 Å². The third kappa shape index (κ3) is 8.04. The summed E-state index contributed by atoms with van der Waals surface area (Å²) in [6, 6.07) is 9.09. The molecule has 12 heteroatoms. The standard InChI is InChI=1S/C31H37ClFN7O3/c1-31(10-4-3-5-11-31)30(42)43-29-26(20-25(37-38-29)23-18-21(32)6-7-24(23)33)35-22-8-12-34-27(19-22)36-28(41)9-13-40-16-14-39(2)15-17-40/h6-8,12,18-20H,3-5,9-11,13-17H2,1-2H3,(H2,34,35,36,37,41). The molecule has 228 valence electrons. The number of carbonyl (C=O) groups is 2. The number of nitrogens with one attached hydrogen (secondary N) is 2. The number of amides is 1. The minimum atomic E-state index is -0.618.